The van der Waals surface area contributed by atoms with Gasteiger partial charge in [-0.3, -0.25) is 4.79 Å². The first-order valence-corrected chi connectivity index (χ1v) is 7.69. The van der Waals surface area contributed by atoms with Gasteiger partial charge in [-0.15, -0.1) is 0 Å². The molecule has 1 amide bonds. The highest BCUT2D eigenvalue weighted by molar-refractivity contribution is 6.01. The number of rotatable bonds is 5. The van der Waals surface area contributed by atoms with Crippen LogP contribution in [0.25, 0.3) is 10.9 Å². The van der Waals surface area contributed by atoms with E-state index in [4.69, 9.17) is 4.74 Å². The Kier molecular flexibility index (Phi) is 4.61. The summed E-state index contributed by atoms with van der Waals surface area (Å²) in [5, 5.41) is 5.30. The van der Waals surface area contributed by atoms with Gasteiger partial charge in [-0.05, 0) is 36.6 Å². The first-order valence-electron chi connectivity index (χ1n) is 7.69. The number of nitrogens with zero attached hydrogens (tertiary/aromatic N) is 2. The van der Waals surface area contributed by atoms with Crippen molar-refractivity contribution < 1.29 is 9.53 Å². The number of carbonyl (C=O) groups is 1. The Morgan fingerprint density at radius 3 is 2.71 bits per heavy atom. The maximum atomic E-state index is 12.2. The molecule has 0 aliphatic rings. The Morgan fingerprint density at radius 1 is 1.12 bits per heavy atom. The predicted molar refractivity (Wildman–Crippen MR) is 95.3 cm³/mol. The molecule has 0 aliphatic heterocycles. The van der Waals surface area contributed by atoms with Gasteiger partial charge < -0.3 is 9.30 Å². The van der Waals surface area contributed by atoms with Crippen LogP contribution in [0.3, 0.4) is 0 Å². The molecule has 5 heteroatoms. The number of ether oxygens (including phenoxy) is 1. The van der Waals surface area contributed by atoms with Gasteiger partial charge in [0, 0.05) is 17.3 Å². The molecule has 0 spiro atoms. The largest absolute Gasteiger partial charge is 0.496 e. The first-order chi connectivity index (χ1) is 11.7. The second kappa shape index (κ2) is 7.00. The van der Waals surface area contributed by atoms with E-state index in [0.717, 1.165) is 22.2 Å². The van der Waals surface area contributed by atoms with E-state index in [1.807, 2.05) is 72.3 Å². The van der Waals surface area contributed by atoms with Crippen molar-refractivity contribution in [1.29, 1.82) is 0 Å². The molecule has 0 radical (unpaired) electrons. The molecule has 0 unspecified atom stereocenters. The van der Waals surface area contributed by atoms with Crippen molar-refractivity contribution in [1.82, 2.24) is 9.99 Å². The highest BCUT2D eigenvalue weighted by Crippen LogP contribution is 2.18. The molecule has 0 bridgehead atoms. The molecule has 1 aromatic heterocycles. The van der Waals surface area contributed by atoms with Crippen LogP contribution in [0.1, 0.15) is 12.5 Å². The van der Waals surface area contributed by atoms with Crippen LogP contribution in [0.5, 0.6) is 5.75 Å². The van der Waals surface area contributed by atoms with Crippen LogP contribution in [-0.4, -0.2) is 23.3 Å². The highest BCUT2D eigenvalue weighted by Gasteiger charge is 2.08. The van der Waals surface area contributed by atoms with E-state index < -0.39 is 0 Å². The number of aromatic nitrogens is 1. The standard InChI is InChI=1S/C19H19N3O2/c1-14(16-8-4-6-10-18(16)24-2)20-21-19(23)13-22-12-11-15-7-3-5-9-17(15)22/h3-12H,13H2,1-2H3,(H,21,23)/b20-14-. The Balaban J connectivity index is 1.71. The van der Waals surface area contributed by atoms with Crippen molar-refractivity contribution in [2.75, 3.05) is 7.11 Å². The monoisotopic (exact) mass is 321 g/mol. The summed E-state index contributed by atoms with van der Waals surface area (Å²) < 4.78 is 7.21. The SMILES string of the molecule is COc1ccccc1/C(C)=N\NC(=O)Cn1ccc2ccccc21. The van der Waals surface area contributed by atoms with Gasteiger partial charge in [-0.1, -0.05) is 30.3 Å². The number of fused-ring (bicyclic) bond motifs is 1. The summed E-state index contributed by atoms with van der Waals surface area (Å²) in [5.74, 6) is 0.551. The number of hydrazone groups is 1. The summed E-state index contributed by atoms with van der Waals surface area (Å²) in [6.45, 7) is 2.05. The molecule has 2 aromatic carbocycles. The lowest BCUT2D eigenvalue weighted by atomic mass is 10.1. The Hall–Kier alpha value is -3.08. The molecule has 0 fully saturated rings. The molecule has 3 aromatic rings. The molecule has 0 saturated carbocycles. The minimum Gasteiger partial charge on any atom is -0.496 e. The van der Waals surface area contributed by atoms with Gasteiger partial charge in [0.1, 0.15) is 12.3 Å². The maximum Gasteiger partial charge on any atom is 0.259 e. The van der Waals surface area contributed by atoms with E-state index >= 15 is 0 Å². The number of amides is 1. The number of para-hydroxylation sites is 2. The van der Waals surface area contributed by atoms with Crippen molar-refractivity contribution in [2.45, 2.75) is 13.5 Å². The lowest BCUT2D eigenvalue weighted by Crippen LogP contribution is -2.24. The number of hydrogen-bond donors (Lipinski definition) is 1. The summed E-state index contributed by atoms with van der Waals surface area (Å²) in [5.41, 5.74) is 5.18. The molecule has 1 heterocycles. The van der Waals surface area contributed by atoms with E-state index in [-0.39, 0.29) is 12.5 Å². The van der Waals surface area contributed by atoms with Crippen molar-refractivity contribution in [3.8, 4) is 5.75 Å². The van der Waals surface area contributed by atoms with E-state index in [9.17, 15) is 4.79 Å². The zero-order valence-electron chi connectivity index (χ0n) is 13.7. The summed E-state index contributed by atoms with van der Waals surface area (Å²) in [7, 11) is 1.61. The second-order valence-electron chi connectivity index (χ2n) is 5.43. The van der Waals surface area contributed by atoms with Gasteiger partial charge in [0.2, 0.25) is 0 Å². The molecule has 3 rings (SSSR count). The average molecular weight is 321 g/mol. The Morgan fingerprint density at radius 2 is 1.88 bits per heavy atom. The van der Waals surface area contributed by atoms with E-state index in [1.54, 1.807) is 7.11 Å². The van der Waals surface area contributed by atoms with Crippen LogP contribution < -0.4 is 10.2 Å². The van der Waals surface area contributed by atoms with E-state index in [0.29, 0.717) is 5.71 Å². The zero-order chi connectivity index (χ0) is 16.9. The van der Waals surface area contributed by atoms with Crippen LogP contribution in [0.15, 0.2) is 65.9 Å². The van der Waals surface area contributed by atoms with Crippen molar-refractivity contribution >= 4 is 22.5 Å². The smallest absolute Gasteiger partial charge is 0.259 e. The topological polar surface area (TPSA) is 55.6 Å². The molecular weight excluding hydrogens is 302 g/mol. The fraction of sp³-hybridized carbons (Fsp3) is 0.158. The van der Waals surface area contributed by atoms with Crippen LogP contribution in [0, 0.1) is 0 Å². The van der Waals surface area contributed by atoms with Crippen molar-refractivity contribution in [2.24, 2.45) is 5.10 Å². The average Bonchev–Trinajstić information content (AvgIpc) is 3.02. The Labute approximate surface area is 140 Å². The number of carbonyl (C=O) groups excluding carboxylic acids is 1. The normalized spacial score (nSPS) is 11.5. The minimum atomic E-state index is -0.175. The summed E-state index contributed by atoms with van der Waals surface area (Å²) in [6, 6.07) is 17.5. The van der Waals surface area contributed by atoms with Crippen LogP contribution in [-0.2, 0) is 11.3 Å². The molecule has 0 aliphatic carbocycles. The van der Waals surface area contributed by atoms with Gasteiger partial charge in [0.05, 0.1) is 12.8 Å². The number of benzene rings is 2. The second-order valence-corrected chi connectivity index (χ2v) is 5.43. The highest BCUT2D eigenvalue weighted by atomic mass is 16.5. The molecule has 24 heavy (non-hydrogen) atoms. The number of nitrogens with one attached hydrogen (secondary N) is 1. The first kappa shape index (κ1) is 15.8. The predicted octanol–water partition coefficient (Wildman–Crippen LogP) is 3.19. The van der Waals surface area contributed by atoms with E-state index in [1.165, 1.54) is 0 Å². The zero-order valence-corrected chi connectivity index (χ0v) is 13.7. The molecule has 122 valence electrons. The number of methoxy groups -OCH3 is 1. The van der Waals surface area contributed by atoms with Gasteiger partial charge in [0.25, 0.3) is 5.91 Å². The third-order valence-corrected chi connectivity index (χ3v) is 3.84. The fourth-order valence-corrected chi connectivity index (χ4v) is 2.62. The third-order valence-electron chi connectivity index (χ3n) is 3.84. The third kappa shape index (κ3) is 3.30. The molecular formula is C19H19N3O2. The van der Waals surface area contributed by atoms with Gasteiger partial charge in [0.15, 0.2) is 0 Å². The van der Waals surface area contributed by atoms with Crippen molar-refractivity contribution in [3.63, 3.8) is 0 Å². The van der Waals surface area contributed by atoms with Crippen LogP contribution in [0.4, 0.5) is 0 Å². The lowest BCUT2D eigenvalue weighted by Gasteiger charge is -2.08. The van der Waals surface area contributed by atoms with E-state index in [2.05, 4.69) is 10.5 Å². The summed E-state index contributed by atoms with van der Waals surface area (Å²) in [4.78, 5) is 12.2. The molecule has 1 N–H and O–H groups in total. The van der Waals surface area contributed by atoms with Crippen LogP contribution in [0.2, 0.25) is 0 Å². The molecule has 0 atom stereocenters. The minimum absolute atomic E-state index is 0.175. The summed E-state index contributed by atoms with van der Waals surface area (Å²) >= 11 is 0. The lowest BCUT2D eigenvalue weighted by molar-refractivity contribution is -0.121. The maximum absolute atomic E-state index is 12.2. The molecule has 5 nitrogen and oxygen atoms in total. The number of hydrogen-bond acceptors (Lipinski definition) is 3. The van der Waals surface area contributed by atoms with Gasteiger partial charge in [-0.2, -0.15) is 5.10 Å². The quantitative estimate of drug-likeness (QED) is 0.579. The Bertz CT molecular complexity index is 896. The fourth-order valence-electron chi connectivity index (χ4n) is 2.62. The molecule has 0 saturated heterocycles. The van der Waals surface area contributed by atoms with Crippen LogP contribution >= 0.6 is 0 Å². The van der Waals surface area contributed by atoms with Gasteiger partial charge in [-0.25, -0.2) is 5.43 Å². The van der Waals surface area contributed by atoms with Gasteiger partial charge >= 0.3 is 0 Å². The summed E-state index contributed by atoms with van der Waals surface area (Å²) in [6.07, 6.45) is 1.90. The van der Waals surface area contributed by atoms with Crippen molar-refractivity contribution in [3.05, 3.63) is 66.4 Å².